The average molecular weight is 498 g/mol. The van der Waals surface area contributed by atoms with Crippen LogP contribution >= 0.6 is 0 Å². The number of aliphatic hydroxyl groups is 2. The van der Waals surface area contributed by atoms with Gasteiger partial charge in [-0.1, -0.05) is 69.3 Å². The molecule has 0 aliphatic rings. The zero-order chi connectivity index (χ0) is 26.6. The summed E-state index contributed by atoms with van der Waals surface area (Å²) in [5.74, 6) is 0.555. The highest BCUT2D eigenvalue weighted by Crippen LogP contribution is 2.29. The predicted octanol–water partition coefficient (Wildman–Crippen LogP) is 4.25. The van der Waals surface area contributed by atoms with E-state index < -0.39 is 0 Å². The first-order valence-electron chi connectivity index (χ1n) is 12.0. The lowest BCUT2D eigenvalue weighted by Crippen LogP contribution is -2.15. The molecule has 1 amide bonds. The van der Waals surface area contributed by atoms with E-state index >= 15 is 0 Å². The SMILES string of the molecule is CC(C)(C)c1ccc(C(=O)Nc2cccc(-c3nc(N)nc(Cc4ccc(CO)cc4)n3)c2CO)cc1. The highest BCUT2D eigenvalue weighted by molar-refractivity contribution is 6.05. The molecule has 8 nitrogen and oxygen atoms in total. The molecule has 5 N–H and O–H groups in total. The van der Waals surface area contributed by atoms with Gasteiger partial charge in [0.2, 0.25) is 5.95 Å². The van der Waals surface area contributed by atoms with Crippen molar-refractivity contribution in [3.05, 3.63) is 100 Å². The van der Waals surface area contributed by atoms with E-state index in [0.717, 1.165) is 16.7 Å². The second-order valence-electron chi connectivity index (χ2n) is 9.86. The van der Waals surface area contributed by atoms with E-state index in [-0.39, 0.29) is 30.5 Å². The standard InChI is InChI=1S/C29H31N5O3/c1-29(2,3)21-13-11-20(12-14-21)27(37)31-24-6-4-5-22(23(24)17-36)26-32-25(33-28(30)34-26)15-18-7-9-19(16-35)10-8-18/h4-14,35-36H,15-17H2,1-3H3,(H,31,37)(H2,30,32,33,34). The highest BCUT2D eigenvalue weighted by atomic mass is 16.3. The summed E-state index contributed by atoms with van der Waals surface area (Å²) in [5.41, 5.74) is 10.9. The molecule has 0 aliphatic carbocycles. The first-order valence-corrected chi connectivity index (χ1v) is 12.0. The molecule has 37 heavy (non-hydrogen) atoms. The van der Waals surface area contributed by atoms with Crippen LogP contribution in [-0.2, 0) is 25.0 Å². The number of hydrogen-bond donors (Lipinski definition) is 4. The summed E-state index contributed by atoms with van der Waals surface area (Å²) < 4.78 is 0. The van der Waals surface area contributed by atoms with E-state index in [4.69, 9.17) is 5.73 Å². The summed E-state index contributed by atoms with van der Waals surface area (Å²) in [7, 11) is 0. The molecule has 3 aromatic carbocycles. The predicted molar refractivity (Wildman–Crippen MR) is 144 cm³/mol. The normalized spacial score (nSPS) is 11.4. The van der Waals surface area contributed by atoms with Crippen molar-refractivity contribution < 1.29 is 15.0 Å². The van der Waals surface area contributed by atoms with E-state index in [1.165, 1.54) is 0 Å². The van der Waals surface area contributed by atoms with E-state index in [2.05, 4.69) is 41.0 Å². The van der Waals surface area contributed by atoms with Crippen LogP contribution in [0.3, 0.4) is 0 Å². The summed E-state index contributed by atoms with van der Waals surface area (Å²) in [6.45, 7) is 5.99. The first-order chi connectivity index (χ1) is 17.7. The Balaban J connectivity index is 1.61. The van der Waals surface area contributed by atoms with Crippen molar-refractivity contribution in [3.63, 3.8) is 0 Å². The van der Waals surface area contributed by atoms with Crippen molar-refractivity contribution in [1.29, 1.82) is 0 Å². The van der Waals surface area contributed by atoms with E-state index in [0.29, 0.717) is 40.4 Å². The van der Waals surface area contributed by atoms with Crippen molar-refractivity contribution in [3.8, 4) is 11.4 Å². The van der Waals surface area contributed by atoms with Gasteiger partial charge < -0.3 is 21.3 Å². The molecule has 190 valence electrons. The third kappa shape index (κ3) is 6.17. The average Bonchev–Trinajstić information content (AvgIpc) is 2.88. The molecule has 0 atom stereocenters. The van der Waals surface area contributed by atoms with Gasteiger partial charge in [0.15, 0.2) is 5.82 Å². The molecule has 4 rings (SSSR count). The Labute approximate surface area is 216 Å². The molecule has 0 spiro atoms. The summed E-state index contributed by atoms with van der Waals surface area (Å²) in [4.78, 5) is 26.1. The molecule has 4 aromatic rings. The van der Waals surface area contributed by atoms with Gasteiger partial charge in [-0.15, -0.1) is 0 Å². The van der Waals surface area contributed by atoms with Crippen LogP contribution in [-0.4, -0.2) is 31.1 Å². The molecule has 0 aliphatic heterocycles. The van der Waals surface area contributed by atoms with Crippen molar-refractivity contribution in [2.24, 2.45) is 0 Å². The third-order valence-corrected chi connectivity index (χ3v) is 6.10. The Morgan fingerprint density at radius 1 is 0.865 bits per heavy atom. The van der Waals surface area contributed by atoms with Gasteiger partial charge in [0.1, 0.15) is 5.82 Å². The lowest BCUT2D eigenvalue weighted by molar-refractivity contribution is 0.102. The van der Waals surface area contributed by atoms with E-state index in [1.807, 2.05) is 36.4 Å². The Morgan fingerprint density at radius 2 is 1.54 bits per heavy atom. The van der Waals surface area contributed by atoms with Gasteiger partial charge in [-0.3, -0.25) is 4.79 Å². The monoisotopic (exact) mass is 497 g/mol. The fourth-order valence-corrected chi connectivity index (χ4v) is 3.98. The fraction of sp³-hybridized carbons (Fsp3) is 0.241. The number of nitrogen functional groups attached to an aromatic ring is 1. The number of nitrogens with zero attached hydrogens (tertiary/aromatic N) is 3. The summed E-state index contributed by atoms with van der Waals surface area (Å²) in [6.07, 6.45) is 0.418. The van der Waals surface area contributed by atoms with Crippen LogP contribution in [0.25, 0.3) is 11.4 Å². The largest absolute Gasteiger partial charge is 0.392 e. The number of carbonyl (C=O) groups excluding carboxylic acids is 1. The molecule has 0 saturated carbocycles. The van der Waals surface area contributed by atoms with Crippen molar-refractivity contribution in [2.45, 2.75) is 45.8 Å². The van der Waals surface area contributed by atoms with Crippen molar-refractivity contribution >= 4 is 17.5 Å². The first kappa shape index (κ1) is 25.9. The van der Waals surface area contributed by atoms with Gasteiger partial charge in [-0.25, -0.2) is 4.98 Å². The lowest BCUT2D eigenvalue weighted by Gasteiger charge is -2.19. The maximum absolute atomic E-state index is 13.0. The number of rotatable bonds is 7. The summed E-state index contributed by atoms with van der Waals surface area (Å²) >= 11 is 0. The Bertz CT molecular complexity index is 1390. The van der Waals surface area contributed by atoms with Crippen LogP contribution in [0.4, 0.5) is 11.6 Å². The highest BCUT2D eigenvalue weighted by Gasteiger charge is 2.18. The number of anilines is 2. The molecule has 1 heterocycles. The van der Waals surface area contributed by atoms with Gasteiger partial charge in [0, 0.05) is 28.8 Å². The molecule has 0 fully saturated rings. The van der Waals surface area contributed by atoms with Gasteiger partial charge in [-0.05, 0) is 40.3 Å². The van der Waals surface area contributed by atoms with Gasteiger partial charge in [-0.2, -0.15) is 9.97 Å². The quantitative estimate of drug-likeness (QED) is 0.300. The van der Waals surface area contributed by atoms with Crippen LogP contribution in [0.15, 0.2) is 66.7 Å². The minimum atomic E-state index is -0.335. The van der Waals surface area contributed by atoms with Gasteiger partial charge in [0.05, 0.1) is 13.2 Å². The van der Waals surface area contributed by atoms with Gasteiger partial charge in [0.25, 0.3) is 5.91 Å². The maximum atomic E-state index is 13.0. The second kappa shape index (κ2) is 10.9. The second-order valence-corrected chi connectivity index (χ2v) is 9.86. The Hall–Kier alpha value is -4.14. The van der Waals surface area contributed by atoms with Gasteiger partial charge >= 0.3 is 0 Å². The number of nitrogens with one attached hydrogen (secondary N) is 1. The van der Waals surface area contributed by atoms with Crippen LogP contribution < -0.4 is 11.1 Å². The minimum Gasteiger partial charge on any atom is -0.392 e. The molecule has 0 saturated heterocycles. The molecular formula is C29H31N5O3. The summed E-state index contributed by atoms with van der Waals surface area (Å²) in [6, 6.07) is 20.2. The number of carbonyl (C=O) groups is 1. The van der Waals surface area contributed by atoms with Crippen LogP contribution in [0.1, 0.15) is 59.2 Å². The van der Waals surface area contributed by atoms with Crippen molar-refractivity contribution in [2.75, 3.05) is 11.1 Å². The molecule has 1 aromatic heterocycles. The zero-order valence-corrected chi connectivity index (χ0v) is 21.2. The number of amides is 1. The molecule has 0 radical (unpaired) electrons. The van der Waals surface area contributed by atoms with E-state index in [1.54, 1.807) is 30.3 Å². The third-order valence-electron chi connectivity index (χ3n) is 6.10. The minimum absolute atomic E-state index is 0.0124. The number of hydrogen-bond acceptors (Lipinski definition) is 7. The number of aliphatic hydroxyl groups excluding tert-OH is 2. The van der Waals surface area contributed by atoms with Crippen molar-refractivity contribution in [1.82, 2.24) is 15.0 Å². The van der Waals surface area contributed by atoms with Crippen LogP contribution in [0.5, 0.6) is 0 Å². The number of benzene rings is 3. The lowest BCUT2D eigenvalue weighted by atomic mass is 9.86. The Kier molecular flexibility index (Phi) is 7.61. The fourth-order valence-electron chi connectivity index (χ4n) is 3.98. The summed E-state index contributed by atoms with van der Waals surface area (Å²) in [5, 5.41) is 22.4. The molecule has 8 heteroatoms. The maximum Gasteiger partial charge on any atom is 0.255 e. The van der Waals surface area contributed by atoms with Crippen LogP contribution in [0, 0.1) is 0 Å². The Morgan fingerprint density at radius 3 is 2.16 bits per heavy atom. The molecule has 0 unspecified atom stereocenters. The smallest absolute Gasteiger partial charge is 0.255 e. The number of nitrogens with two attached hydrogens (primary N) is 1. The van der Waals surface area contributed by atoms with E-state index in [9.17, 15) is 15.0 Å². The molecular weight excluding hydrogens is 466 g/mol. The zero-order valence-electron chi connectivity index (χ0n) is 21.2. The topological polar surface area (TPSA) is 134 Å². The van der Waals surface area contributed by atoms with Crippen LogP contribution in [0.2, 0.25) is 0 Å². The molecule has 0 bridgehead atoms. The number of aromatic nitrogens is 3.